The lowest BCUT2D eigenvalue weighted by molar-refractivity contribution is 0.892. The van der Waals surface area contributed by atoms with Gasteiger partial charge in [-0.25, -0.2) is 9.98 Å². The number of hydrogen-bond acceptors (Lipinski definition) is 1. The minimum atomic E-state index is 0.553. The quantitative estimate of drug-likeness (QED) is 0.130. The second-order valence-corrected chi connectivity index (χ2v) is 12.5. The average molecular weight is 630 g/mol. The van der Waals surface area contributed by atoms with Crippen LogP contribution in [0.3, 0.4) is 0 Å². The van der Waals surface area contributed by atoms with Gasteiger partial charge in [0.1, 0.15) is 0 Å². The summed E-state index contributed by atoms with van der Waals surface area (Å²) in [6.07, 6.45) is 4.31. The molecule has 0 aromatic heterocycles. The molecule has 7 aromatic rings. The van der Waals surface area contributed by atoms with Crippen LogP contribution in [0.2, 0.25) is 0 Å². The van der Waals surface area contributed by atoms with E-state index in [1.54, 1.807) is 0 Å². The summed E-state index contributed by atoms with van der Waals surface area (Å²) in [4.78, 5) is 14.6. The third-order valence-corrected chi connectivity index (χ3v) is 9.36. The molecular weight excluding hydrogens is 595 g/mol. The van der Waals surface area contributed by atoms with Gasteiger partial charge in [0, 0.05) is 11.1 Å². The lowest BCUT2D eigenvalue weighted by atomic mass is 9.92. The lowest BCUT2D eigenvalue weighted by Gasteiger charge is -2.15. The predicted octanol–water partition coefficient (Wildman–Crippen LogP) is 11.3. The van der Waals surface area contributed by atoms with E-state index in [1.165, 1.54) is 44.3 Å². The highest BCUT2D eigenvalue weighted by atomic mass is 15.0. The van der Waals surface area contributed by atoms with E-state index in [-0.39, 0.29) is 0 Å². The van der Waals surface area contributed by atoms with E-state index in [0.29, 0.717) is 18.2 Å². The van der Waals surface area contributed by atoms with E-state index >= 15 is 0 Å². The van der Waals surface area contributed by atoms with E-state index in [4.69, 9.17) is 9.98 Å². The van der Waals surface area contributed by atoms with Gasteiger partial charge in [-0.3, -0.25) is 4.99 Å². The Bertz CT molecular complexity index is 2410. The van der Waals surface area contributed by atoms with Crippen LogP contribution < -0.4 is 0 Å². The van der Waals surface area contributed by atoms with Crippen molar-refractivity contribution >= 4 is 46.0 Å². The Balaban J connectivity index is 1.12. The Labute approximate surface area is 287 Å². The minimum absolute atomic E-state index is 0.553. The van der Waals surface area contributed by atoms with E-state index in [2.05, 4.69) is 169 Å². The molecule has 0 bridgehead atoms. The molecule has 0 aliphatic heterocycles. The summed E-state index contributed by atoms with van der Waals surface area (Å²) in [5, 5.41) is 4.61. The number of amidine groups is 2. The van der Waals surface area contributed by atoms with Crippen molar-refractivity contribution < 1.29 is 0 Å². The molecule has 8 rings (SSSR count). The molecule has 0 spiro atoms. The maximum absolute atomic E-state index is 5.12. The van der Waals surface area contributed by atoms with Gasteiger partial charge >= 0.3 is 0 Å². The lowest BCUT2D eigenvalue weighted by Crippen LogP contribution is -2.07. The summed E-state index contributed by atoms with van der Waals surface area (Å²) in [5.41, 5.74) is 10.6. The van der Waals surface area contributed by atoms with Crippen molar-refractivity contribution in [2.45, 2.75) is 12.8 Å². The standard InChI is InChI=1S/C46H35N3/c1-47-45(43-26-24-41-28-40(22-23-42(41)30-43)37-19-17-36(18-20-37)33-9-3-2-4-10-33)49-46(44-25-21-35-12-6-8-14-39(35)29-44)48-31-32-15-16-34-11-5-7-13-38(34)27-32/h2-14,17-30H,1,15-16,31H2. The zero-order valence-corrected chi connectivity index (χ0v) is 27.3. The predicted molar refractivity (Wildman–Crippen MR) is 209 cm³/mol. The van der Waals surface area contributed by atoms with Gasteiger partial charge in [0.2, 0.25) is 0 Å². The number of aliphatic imine (C=N–C) groups is 3. The molecule has 0 radical (unpaired) electrons. The molecule has 234 valence electrons. The van der Waals surface area contributed by atoms with Crippen LogP contribution in [0.15, 0.2) is 178 Å². The van der Waals surface area contributed by atoms with Crippen molar-refractivity contribution in [3.8, 4) is 22.3 Å². The van der Waals surface area contributed by atoms with Crippen molar-refractivity contribution in [1.82, 2.24) is 0 Å². The van der Waals surface area contributed by atoms with E-state index < -0.39 is 0 Å². The van der Waals surface area contributed by atoms with Gasteiger partial charge in [0.15, 0.2) is 11.7 Å². The molecule has 0 fully saturated rings. The topological polar surface area (TPSA) is 37.1 Å². The summed E-state index contributed by atoms with van der Waals surface area (Å²) in [7, 11) is 0. The van der Waals surface area contributed by atoms with E-state index in [1.807, 2.05) is 6.07 Å². The van der Waals surface area contributed by atoms with Crippen molar-refractivity contribution in [1.29, 1.82) is 0 Å². The van der Waals surface area contributed by atoms with Gasteiger partial charge in [-0.05, 0) is 98.3 Å². The highest BCUT2D eigenvalue weighted by Gasteiger charge is 2.13. The van der Waals surface area contributed by atoms with Gasteiger partial charge in [-0.2, -0.15) is 0 Å². The van der Waals surface area contributed by atoms with Gasteiger partial charge in [0.05, 0.1) is 6.54 Å². The number of hydrogen-bond donors (Lipinski definition) is 0. The molecule has 0 amide bonds. The third-order valence-electron chi connectivity index (χ3n) is 9.36. The summed E-state index contributed by atoms with van der Waals surface area (Å²) in [5.74, 6) is 1.21. The molecular formula is C46H35N3. The molecule has 0 unspecified atom stereocenters. The summed E-state index contributed by atoms with van der Waals surface area (Å²) >= 11 is 0. The normalized spacial score (nSPS) is 13.3. The Morgan fingerprint density at radius 3 is 1.86 bits per heavy atom. The summed E-state index contributed by atoms with van der Waals surface area (Å²) in [6.45, 7) is 4.51. The molecule has 3 heteroatoms. The second kappa shape index (κ2) is 13.5. The molecule has 0 heterocycles. The van der Waals surface area contributed by atoms with Gasteiger partial charge in [0.25, 0.3) is 0 Å². The zero-order valence-electron chi connectivity index (χ0n) is 27.3. The van der Waals surface area contributed by atoms with Crippen LogP contribution in [-0.4, -0.2) is 24.9 Å². The highest BCUT2D eigenvalue weighted by Crippen LogP contribution is 2.29. The molecule has 1 aliphatic rings. The van der Waals surface area contributed by atoms with E-state index in [0.717, 1.165) is 40.1 Å². The Hall–Kier alpha value is -6.19. The van der Waals surface area contributed by atoms with Crippen LogP contribution in [0.25, 0.3) is 49.9 Å². The van der Waals surface area contributed by atoms with Crippen LogP contribution in [0.5, 0.6) is 0 Å². The minimum Gasteiger partial charge on any atom is -0.262 e. The molecule has 3 nitrogen and oxygen atoms in total. The first-order valence-electron chi connectivity index (χ1n) is 16.8. The molecule has 1 aliphatic carbocycles. The third kappa shape index (κ3) is 6.52. The van der Waals surface area contributed by atoms with Crippen LogP contribution in [0.4, 0.5) is 0 Å². The molecule has 7 aromatic carbocycles. The highest BCUT2D eigenvalue weighted by molar-refractivity contribution is 6.14. The number of rotatable bonds is 6. The first kappa shape index (κ1) is 30.2. The molecule has 0 N–H and O–H groups in total. The SMILES string of the molecule is C=NC(=NC(=NCC1=Cc2ccccc2CC1)c1ccc2ccccc2c1)c1ccc2cc(-c3ccc(-c4ccccc4)cc3)ccc2c1. The second-order valence-electron chi connectivity index (χ2n) is 12.5. The zero-order chi connectivity index (χ0) is 33.0. The number of benzene rings is 7. The van der Waals surface area contributed by atoms with Crippen LogP contribution in [0, 0.1) is 0 Å². The molecule has 49 heavy (non-hydrogen) atoms. The van der Waals surface area contributed by atoms with Crippen LogP contribution in [0.1, 0.15) is 28.7 Å². The Kier molecular flexibility index (Phi) is 8.31. The largest absolute Gasteiger partial charge is 0.262 e. The maximum Gasteiger partial charge on any atom is 0.161 e. The number of nitrogens with zero attached hydrogens (tertiary/aromatic N) is 3. The molecule has 0 saturated carbocycles. The molecule has 0 saturated heterocycles. The van der Waals surface area contributed by atoms with E-state index in [9.17, 15) is 0 Å². The number of fused-ring (bicyclic) bond motifs is 3. The van der Waals surface area contributed by atoms with Crippen molar-refractivity contribution in [3.63, 3.8) is 0 Å². The Morgan fingerprint density at radius 1 is 0.490 bits per heavy atom. The first-order chi connectivity index (χ1) is 24.2. The monoisotopic (exact) mass is 629 g/mol. The number of aryl methyl sites for hydroxylation is 1. The van der Waals surface area contributed by atoms with Crippen molar-refractivity contribution in [2.75, 3.05) is 6.54 Å². The fourth-order valence-corrected chi connectivity index (χ4v) is 6.65. The summed E-state index contributed by atoms with van der Waals surface area (Å²) < 4.78 is 0. The fraction of sp³-hybridized carbons (Fsp3) is 0.0652. The smallest absolute Gasteiger partial charge is 0.161 e. The van der Waals surface area contributed by atoms with Gasteiger partial charge < -0.3 is 0 Å². The average Bonchev–Trinajstić information content (AvgIpc) is 3.18. The van der Waals surface area contributed by atoms with Gasteiger partial charge in [-0.1, -0.05) is 146 Å². The summed E-state index contributed by atoms with van der Waals surface area (Å²) in [6, 6.07) is 55.6. The fourth-order valence-electron chi connectivity index (χ4n) is 6.65. The molecule has 0 atom stereocenters. The van der Waals surface area contributed by atoms with Crippen LogP contribution in [-0.2, 0) is 6.42 Å². The van der Waals surface area contributed by atoms with Crippen LogP contribution >= 0.6 is 0 Å². The first-order valence-corrected chi connectivity index (χ1v) is 16.8. The Morgan fingerprint density at radius 2 is 1.06 bits per heavy atom. The maximum atomic E-state index is 5.12. The van der Waals surface area contributed by atoms with Gasteiger partial charge in [-0.15, -0.1) is 0 Å². The van der Waals surface area contributed by atoms with Crippen molar-refractivity contribution in [3.05, 3.63) is 186 Å². The van der Waals surface area contributed by atoms with Crippen molar-refractivity contribution in [2.24, 2.45) is 15.0 Å².